The minimum atomic E-state index is -0.932. The topological polar surface area (TPSA) is 95.6 Å². The molecule has 1 atom stereocenters. The summed E-state index contributed by atoms with van der Waals surface area (Å²) in [5.74, 6) is -0.287. The van der Waals surface area contributed by atoms with Crippen molar-refractivity contribution in [3.05, 3.63) is 29.3 Å². The molecule has 1 aromatic rings. The molecule has 0 saturated carbocycles. The van der Waals surface area contributed by atoms with Crippen molar-refractivity contribution in [2.45, 2.75) is 13.0 Å². The first-order chi connectivity index (χ1) is 7.54. The van der Waals surface area contributed by atoms with Crippen LogP contribution in [0.1, 0.15) is 15.9 Å². The lowest BCUT2D eigenvalue weighted by molar-refractivity contribution is 0.0801. The molecule has 1 unspecified atom stereocenters. The highest BCUT2D eigenvalue weighted by molar-refractivity contribution is 5.96. The highest BCUT2D eigenvalue weighted by Crippen LogP contribution is 2.12. The van der Waals surface area contributed by atoms with Crippen molar-refractivity contribution >= 4 is 11.6 Å². The molecule has 1 rings (SSSR count). The number of aryl methyl sites for hydroxylation is 1. The van der Waals surface area contributed by atoms with Crippen LogP contribution in [0.2, 0.25) is 0 Å². The van der Waals surface area contributed by atoms with E-state index >= 15 is 0 Å². The van der Waals surface area contributed by atoms with E-state index in [1.807, 2.05) is 0 Å². The molecule has 1 amide bonds. The molecule has 16 heavy (non-hydrogen) atoms. The number of nitrogens with one attached hydrogen (secondary N) is 1. The second-order valence-corrected chi connectivity index (χ2v) is 3.62. The molecule has 0 heterocycles. The predicted molar refractivity (Wildman–Crippen MR) is 61.0 cm³/mol. The summed E-state index contributed by atoms with van der Waals surface area (Å²) in [5, 5.41) is 20.2. The second kappa shape index (κ2) is 5.48. The summed E-state index contributed by atoms with van der Waals surface area (Å²) in [6.07, 6.45) is -0.932. The van der Waals surface area contributed by atoms with Crippen LogP contribution >= 0.6 is 0 Å². The first-order valence-electron chi connectivity index (χ1n) is 4.98. The van der Waals surface area contributed by atoms with E-state index in [0.717, 1.165) is 5.56 Å². The number of hydrogen-bond acceptors (Lipinski definition) is 4. The van der Waals surface area contributed by atoms with Gasteiger partial charge in [0, 0.05) is 17.8 Å². The SMILES string of the molecule is Cc1cc(N)ccc1C(=O)NCC(O)CO. The maximum absolute atomic E-state index is 11.7. The van der Waals surface area contributed by atoms with Crippen molar-refractivity contribution in [1.29, 1.82) is 0 Å². The average molecular weight is 224 g/mol. The third kappa shape index (κ3) is 3.22. The van der Waals surface area contributed by atoms with Gasteiger partial charge in [0.2, 0.25) is 0 Å². The molecule has 5 nitrogen and oxygen atoms in total. The van der Waals surface area contributed by atoms with Gasteiger partial charge < -0.3 is 21.3 Å². The zero-order valence-electron chi connectivity index (χ0n) is 9.10. The van der Waals surface area contributed by atoms with Gasteiger partial charge >= 0.3 is 0 Å². The third-order valence-corrected chi connectivity index (χ3v) is 2.20. The second-order valence-electron chi connectivity index (χ2n) is 3.62. The van der Waals surface area contributed by atoms with E-state index in [9.17, 15) is 4.79 Å². The summed E-state index contributed by atoms with van der Waals surface area (Å²) >= 11 is 0. The summed E-state index contributed by atoms with van der Waals surface area (Å²) in [7, 11) is 0. The van der Waals surface area contributed by atoms with Crippen molar-refractivity contribution in [3.8, 4) is 0 Å². The van der Waals surface area contributed by atoms with E-state index in [4.69, 9.17) is 15.9 Å². The number of carbonyl (C=O) groups excluding carboxylic acids is 1. The standard InChI is InChI=1S/C11H16N2O3/c1-7-4-8(12)2-3-10(7)11(16)13-5-9(15)6-14/h2-4,9,14-15H,5-6,12H2,1H3,(H,13,16). The van der Waals surface area contributed by atoms with Crippen LogP contribution in [0.3, 0.4) is 0 Å². The molecular weight excluding hydrogens is 208 g/mol. The number of rotatable bonds is 4. The molecule has 0 aromatic heterocycles. The lowest BCUT2D eigenvalue weighted by Gasteiger charge is -2.10. The van der Waals surface area contributed by atoms with Gasteiger partial charge in [0.05, 0.1) is 12.7 Å². The number of amides is 1. The number of anilines is 1. The van der Waals surface area contributed by atoms with E-state index in [2.05, 4.69) is 5.32 Å². The van der Waals surface area contributed by atoms with E-state index in [-0.39, 0.29) is 19.1 Å². The van der Waals surface area contributed by atoms with Crippen molar-refractivity contribution in [1.82, 2.24) is 5.32 Å². The first-order valence-corrected chi connectivity index (χ1v) is 4.98. The van der Waals surface area contributed by atoms with Crippen LogP contribution in [-0.4, -0.2) is 35.4 Å². The van der Waals surface area contributed by atoms with Crippen molar-refractivity contribution in [3.63, 3.8) is 0 Å². The normalized spacial score (nSPS) is 12.2. The molecular formula is C11H16N2O3. The first kappa shape index (κ1) is 12.5. The molecule has 0 saturated heterocycles. The van der Waals surface area contributed by atoms with Crippen LogP contribution in [0.15, 0.2) is 18.2 Å². The van der Waals surface area contributed by atoms with E-state index in [1.165, 1.54) is 0 Å². The molecule has 88 valence electrons. The molecule has 0 aliphatic heterocycles. The van der Waals surface area contributed by atoms with Crippen LogP contribution in [-0.2, 0) is 0 Å². The summed E-state index contributed by atoms with van der Waals surface area (Å²) in [6, 6.07) is 4.98. The Morgan fingerprint density at radius 2 is 2.25 bits per heavy atom. The molecule has 0 aliphatic carbocycles. The summed E-state index contributed by atoms with van der Waals surface area (Å²) in [6.45, 7) is 1.44. The minimum absolute atomic E-state index is 0.0269. The van der Waals surface area contributed by atoms with Crippen molar-refractivity contribution in [2.24, 2.45) is 0 Å². The lowest BCUT2D eigenvalue weighted by Crippen LogP contribution is -2.34. The fraction of sp³-hybridized carbons (Fsp3) is 0.364. The maximum atomic E-state index is 11.7. The quantitative estimate of drug-likeness (QED) is 0.526. The number of nitrogen functional groups attached to an aromatic ring is 1. The molecule has 0 radical (unpaired) electrons. The van der Waals surface area contributed by atoms with Gasteiger partial charge in [-0.15, -0.1) is 0 Å². The Labute approximate surface area is 93.9 Å². The van der Waals surface area contributed by atoms with Crippen molar-refractivity contribution in [2.75, 3.05) is 18.9 Å². The molecule has 5 N–H and O–H groups in total. The molecule has 0 spiro atoms. The van der Waals surface area contributed by atoms with Crippen molar-refractivity contribution < 1.29 is 15.0 Å². The zero-order valence-corrected chi connectivity index (χ0v) is 9.10. The number of aliphatic hydroxyl groups is 2. The Bertz CT molecular complexity index is 379. The summed E-state index contributed by atoms with van der Waals surface area (Å²) in [5.41, 5.74) is 7.46. The number of aliphatic hydroxyl groups excluding tert-OH is 2. The number of hydrogen-bond donors (Lipinski definition) is 4. The van der Waals surface area contributed by atoms with Gasteiger partial charge in [-0.2, -0.15) is 0 Å². The molecule has 0 aliphatic rings. The van der Waals surface area contributed by atoms with Gasteiger partial charge in [-0.05, 0) is 30.7 Å². The fourth-order valence-electron chi connectivity index (χ4n) is 1.31. The van der Waals surface area contributed by atoms with Crippen LogP contribution in [0.4, 0.5) is 5.69 Å². The molecule has 5 heteroatoms. The molecule has 0 fully saturated rings. The molecule has 0 bridgehead atoms. The lowest BCUT2D eigenvalue weighted by atomic mass is 10.1. The summed E-state index contributed by atoms with van der Waals surface area (Å²) < 4.78 is 0. The van der Waals surface area contributed by atoms with Gasteiger partial charge in [0.15, 0.2) is 0 Å². The van der Waals surface area contributed by atoms with Crippen LogP contribution in [0.5, 0.6) is 0 Å². The van der Waals surface area contributed by atoms with E-state index < -0.39 is 6.10 Å². The maximum Gasteiger partial charge on any atom is 0.251 e. The largest absolute Gasteiger partial charge is 0.399 e. The Morgan fingerprint density at radius 3 is 2.81 bits per heavy atom. The monoisotopic (exact) mass is 224 g/mol. The van der Waals surface area contributed by atoms with Gasteiger partial charge in [-0.3, -0.25) is 4.79 Å². The highest BCUT2D eigenvalue weighted by atomic mass is 16.3. The van der Waals surface area contributed by atoms with E-state index in [0.29, 0.717) is 11.3 Å². The van der Waals surface area contributed by atoms with Gasteiger partial charge in [0.1, 0.15) is 0 Å². The number of nitrogens with two attached hydrogens (primary N) is 1. The fourth-order valence-corrected chi connectivity index (χ4v) is 1.31. The van der Waals surface area contributed by atoms with Gasteiger partial charge in [0.25, 0.3) is 5.91 Å². The Morgan fingerprint density at radius 1 is 1.56 bits per heavy atom. The zero-order chi connectivity index (χ0) is 12.1. The number of benzene rings is 1. The highest BCUT2D eigenvalue weighted by Gasteiger charge is 2.10. The van der Waals surface area contributed by atoms with E-state index in [1.54, 1.807) is 25.1 Å². The van der Waals surface area contributed by atoms with Gasteiger partial charge in [-0.25, -0.2) is 0 Å². The third-order valence-electron chi connectivity index (χ3n) is 2.20. The molecule has 1 aromatic carbocycles. The Hall–Kier alpha value is -1.59. The van der Waals surface area contributed by atoms with Crippen LogP contribution < -0.4 is 11.1 Å². The minimum Gasteiger partial charge on any atom is -0.399 e. The van der Waals surface area contributed by atoms with Crippen LogP contribution in [0, 0.1) is 6.92 Å². The smallest absolute Gasteiger partial charge is 0.251 e. The number of carbonyl (C=O) groups is 1. The predicted octanol–water partition coefficient (Wildman–Crippen LogP) is -0.340. The van der Waals surface area contributed by atoms with Crippen LogP contribution in [0.25, 0.3) is 0 Å². The Kier molecular flexibility index (Phi) is 4.28. The Balaban J connectivity index is 2.66. The summed E-state index contributed by atoms with van der Waals surface area (Å²) in [4.78, 5) is 11.7. The van der Waals surface area contributed by atoms with Gasteiger partial charge in [-0.1, -0.05) is 0 Å². The average Bonchev–Trinajstić information content (AvgIpc) is 2.25.